The minimum absolute atomic E-state index is 0.205. The van der Waals surface area contributed by atoms with Crippen LogP contribution >= 0.6 is 0 Å². The summed E-state index contributed by atoms with van der Waals surface area (Å²) in [5.74, 6) is 0.0400. The highest BCUT2D eigenvalue weighted by atomic mass is 16.6. The van der Waals surface area contributed by atoms with E-state index < -0.39 is 23.7 Å². The van der Waals surface area contributed by atoms with E-state index in [0.717, 1.165) is 18.4 Å². The summed E-state index contributed by atoms with van der Waals surface area (Å²) >= 11 is 0. The molecule has 1 aromatic rings. The molecule has 1 aromatic carbocycles. The quantitative estimate of drug-likeness (QED) is 0.753. The number of amides is 1. The van der Waals surface area contributed by atoms with Gasteiger partial charge in [-0.2, -0.15) is 0 Å². The minimum Gasteiger partial charge on any atom is -0.459 e. The zero-order valence-electron chi connectivity index (χ0n) is 16.1. The van der Waals surface area contributed by atoms with Crippen LogP contribution in [0, 0.1) is 5.92 Å². The van der Waals surface area contributed by atoms with E-state index in [4.69, 9.17) is 9.47 Å². The molecule has 0 heterocycles. The third kappa shape index (κ3) is 7.46. The van der Waals surface area contributed by atoms with Gasteiger partial charge in [0.1, 0.15) is 18.2 Å². The number of benzene rings is 1. The van der Waals surface area contributed by atoms with Gasteiger partial charge in [-0.05, 0) is 38.7 Å². The molecule has 0 radical (unpaired) electrons. The lowest BCUT2D eigenvalue weighted by molar-refractivity contribution is -0.148. The Morgan fingerprint density at radius 2 is 1.77 bits per heavy atom. The molecule has 0 bridgehead atoms. The van der Waals surface area contributed by atoms with Gasteiger partial charge in [-0.25, -0.2) is 9.59 Å². The SMILES string of the molecule is CC(C)(C)OC(=O)N[C@@H](CC1CCCCC1)C(=O)OCc1ccccc1. The third-order valence-electron chi connectivity index (χ3n) is 4.49. The molecule has 1 atom stereocenters. The van der Waals surface area contributed by atoms with Crippen molar-refractivity contribution in [1.29, 1.82) is 0 Å². The summed E-state index contributed by atoms with van der Waals surface area (Å²) in [6.07, 6.45) is 5.84. The Morgan fingerprint density at radius 1 is 1.12 bits per heavy atom. The van der Waals surface area contributed by atoms with E-state index in [0.29, 0.717) is 12.3 Å². The highest BCUT2D eigenvalue weighted by Gasteiger charge is 2.29. The number of carbonyl (C=O) groups is 2. The summed E-state index contributed by atoms with van der Waals surface area (Å²) in [5.41, 5.74) is 0.322. The Morgan fingerprint density at radius 3 is 2.38 bits per heavy atom. The van der Waals surface area contributed by atoms with Crippen molar-refractivity contribution in [2.24, 2.45) is 5.92 Å². The van der Waals surface area contributed by atoms with E-state index in [1.54, 1.807) is 20.8 Å². The van der Waals surface area contributed by atoms with Crippen molar-refractivity contribution in [3.05, 3.63) is 35.9 Å². The Hall–Kier alpha value is -2.04. The van der Waals surface area contributed by atoms with E-state index in [1.807, 2.05) is 30.3 Å². The van der Waals surface area contributed by atoms with Gasteiger partial charge in [-0.3, -0.25) is 0 Å². The molecule has 2 rings (SSSR count). The van der Waals surface area contributed by atoms with E-state index in [2.05, 4.69) is 5.32 Å². The van der Waals surface area contributed by atoms with E-state index in [-0.39, 0.29) is 6.61 Å². The monoisotopic (exact) mass is 361 g/mol. The van der Waals surface area contributed by atoms with Crippen molar-refractivity contribution in [1.82, 2.24) is 5.32 Å². The van der Waals surface area contributed by atoms with Crippen LogP contribution in [0.5, 0.6) is 0 Å². The van der Waals surface area contributed by atoms with Crippen LogP contribution in [0.15, 0.2) is 30.3 Å². The predicted molar refractivity (Wildman–Crippen MR) is 101 cm³/mol. The lowest BCUT2D eigenvalue weighted by Crippen LogP contribution is -2.45. The van der Waals surface area contributed by atoms with Gasteiger partial charge in [0.15, 0.2) is 0 Å². The summed E-state index contributed by atoms with van der Waals surface area (Å²) in [6, 6.07) is 8.87. The molecule has 1 aliphatic carbocycles. The first kappa shape index (κ1) is 20.3. The summed E-state index contributed by atoms with van der Waals surface area (Å²) in [5, 5.41) is 2.72. The maximum Gasteiger partial charge on any atom is 0.408 e. The van der Waals surface area contributed by atoms with Gasteiger partial charge in [0.05, 0.1) is 0 Å². The Labute approximate surface area is 156 Å². The zero-order chi connectivity index (χ0) is 19.0. The van der Waals surface area contributed by atoms with Gasteiger partial charge in [-0.1, -0.05) is 62.4 Å². The number of ether oxygens (including phenoxy) is 2. The second-order valence-electron chi connectivity index (χ2n) is 8.03. The van der Waals surface area contributed by atoms with Gasteiger partial charge < -0.3 is 14.8 Å². The normalized spacial score (nSPS) is 16.6. The number of hydrogen-bond acceptors (Lipinski definition) is 4. The fourth-order valence-corrected chi connectivity index (χ4v) is 3.25. The Bertz CT molecular complexity index is 573. The lowest BCUT2D eigenvalue weighted by atomic mass is 9.85. The molecular formula is C21H31NO4. The average molecular weight is 361 g/mol. The maximum atomic E-state index is 12.6. The molecule has 0 saturated heterocycles. The van der Waals surface area contributed by atoms with Crippen LogP contribution in [-0.4, -0.2) is 23.7 Å². The first-order chi connectivity index (χ1) is 12.3. The van der Waals surface area contributed by atoms with E-state index >= 15 is 0 Å². The molecular weight excluding hydrogens is 330 g/mol. The summed E-state index contributed by atoms with van der Waals surface area (Å²) in [4.78, 5) is 24.7. The van der Waals surface area contributed by atoms with Crippen LogP contribution in [0.25, 0.3) is 0 Å². The Balaban J connectivity index is 1.95. The van der Waals surface area contributed by atoms with Crippen molar-refractivity contribution < 1.29 is 19.1 Å². The average Bonchev–Trinajstić information content (AvgIpc) is 2.59. The van der Waals surface area contributed by atoms with Crippen LogP contribution in [0.4, 0.5) is 4.79 Å². The molecule has 1 aliphatic rings. The number of alkyl carbamates (subject to hydrolysis) is 1. The highest BCUT2D eigenvalue weighted by Crippen LogP contribution is 2.27. The number of hydrogen-bond donors (Lipinski definition) is 1. The van der Waals surface area contributed by atoms with Crippen LogP contribution in [0.2, 0.25) is 0 Å². The third-order valence-corrected chi connectivity index (χ3v) is 4.49. The molecule has 0 unspecified atom stereocenters. The summed E-state index contributed by atoms with van der Waals surface area (Å²) in [6.45, 7) is 5.61. The van der Waals surface area contributed by atoms with Crippen molar-refractivity contribution in [2.45, 2.75) is 77.5 Å². The molecule has 26 heavy (non-hydrogen) atoms. The smallest absolute Gasteiger partial charge is 0.408 e. The molecule has 5 nitrogen and oxygen atoms in total. The molecule has 144 valence electrons. The largest absolute Gasteiger partial charge is 0.459 e. The molecule has 1 fully saturated rings. The molecule has 0 spiro atoms. The summed E-state index contributed by atoms with van der Waals surface area (Å²) in [7, 11) is 0. The van der Waals surface area contributed by atoms with E-state index in [1.165, 1.54) is 19.3 Å². The summed E-state index contributed by atoms with van der Waals surface area (Å²) < 4.78 is 10.8. The van der Waals surface area contributed by atoms with E-state index in [9.17, 15) is 9.59 Å². The van der Waals surface area contributed by atoms with Crippen molar-refractivity contribution in [3.63, 3.8) is 0 Å². The highest BCUT2D eigenvalue weighted by molar-refractivity contribution is 5.81. The fraction of sp³-hybridized carbons (Fsp3) is 0.619. The van der Waals surface area contributed by atoms with Crippen LogP contribution in [0.3, 0.4) is 0 Å². The molecule has 0 aromatic heterocycles. The molecule has 1 amide bonds. The van der Waals surface area contributed by atoms with Crippen molar-refractivity contribution >= 4 is 12.1 Å². The second kappa shape index (κ2) is 9.60. The van der Waals surface area contributed by atoms with Crippen molar-refractivity contribution in [2.75, 3.05) is 0 Å². The first-order valence-electron chi connectivity index (χ1n) is 9.53. The van der Waals surface area contributed by atoms with Gasteiger partial charge in [0, 0.05) is 0 Å². The van der Waals surface area contributed by atoms with Gasteiger partial charge in [-0.15, -0.1) is 0 Å². The van der Waals surface area contributed by atoms with Crippen LogP contribution < -0.4 is 5.32 Å². The van der Waals surface area contributed by atoms with Gasteiger partial charge in [0.2, 0.25) is 0 Å². The molecule has 1 N–H and O–H groups in total. The molecule has 1 saturated carbocycles. The Kier molecular flexibility index (Phi) is 7.49. The van der Waals surface area contributed by atoms with Gasteiger partial charge >= 0.3 is 12.1 Å². The topological polar surface area (TPSA) is 64.6 Å². The number of nitrogens with one attached hydrogen (secondary N) is 1. The van der Waals surface area contributed by atoms with Gasteiger partial charge in [0.25, 0.3) is 0 Å². The maximum absolute atomic E-state index is 12.6. The van der Waals surface area contributed by atoms with Crippen molar-refractivity contribution in [3.8, 4) is 0 Å². The fourth-order valence-electron chi connectivity index (χ4n) is 3.25. The number of carbonyl (C=O) groups excluding carboxylic acids is 2. The first-order valence-corrected chi connectivity index (χ1v) is 9.53. The lowest BCUT2D eigenvalue weighted by Gasteiger charge is -2.27. The second-order valence-corrected chi connectivity index (χ2v) is 8.03. The number of rotatable bonds is 6. The molecule has 0 aliphatic heterocycles. The minimum atomic E-state index is -0.670. The number of esters is 1. The van der Waals surface area contributed by atoms with Crippen LogP contribution in [-0.2, 0) is 20.9 Å². The predicted octanol–water partition coefficient (Wildman–Crippen LogP) is 4.59. The standard InChI is InChI=1S/C21H31NO4/c1-21(2,3)26-20(24)22-18(14-16-10-6-4-7-11-16)19(23)25-15-17-12-8-5-9-13-17/h5,8-9,12-13,16,18H,4,6-7,10-11,14-15H2,1-3H3,(H,22,24)/t18-/m0/s1. The van der Waals surface area contributed by atoms with Crippen LogP contribution in [0.1, 0.15) is 64.9 Å². The zero-order valence-corrected chi connectivity index (χ0v) is 16.1. The molecule has 5 heteroatoms.